The van der Waals surface area contributed by atoms with Gasteiger partial charge in [-0.05, 0) is 53.2 Å². The van der Waals surface area contributed by atoms with E-state index in [9.17, 15) is 0 Å². The van der Waals surface area contributed by atoms with Gasteiger partial charge in [-0.1, -0.05) is 0 Å². The molecule has 0 bridgehead atoms. The van der Waals surface area contributed by atoms with E-state index in [4.69, 9.17) is 4.74 Å². The van der Waals surface area contributed by atoms with Crippen molar-refractivity contribution in [1.82, 2.24) is 9.38 Å². The summed E-state index contributed by atoms with van der Waals surface area (Å²) < 4.78 is 8.52. The lowest BCUT2D eigenvalue weighted by Gasteiger charge is -2.20. The van der Waals surface area contributed by atoms with Crippen LogP contribution in [-0.4, -0.2) is 22.6 Å². The minimum Gasteiger partial charge on any atom is -0.381 e. The first-order valence-electron chi connectivity index (χ1n) is 6.03. The van der Waals surface area contributed by atoms with Crippen LogP contribution >= 0.6 is 15.9 Å². The van der Waals surface area contributed by atoms with E-state index in [-0.39, 0.29) is 0 Å². The summed E-state index contributed by atoms with van der Waals surface area (Å²) >= 11 is 3.53. The number of fused-ring (bicyclic) bond motifs is 1. The zero-order valence-electron chi connectivity index (χ0n) is 9.60. The van der Waals surface area contributed by atoms with Crippen molar-refractivity contribution in [2.75, 3.05) is 13.2 Å². The van der Waals surface area contributed by atoms with Crippen LogP contribution in [-0.2, 0) is 11.2 Å². The summed E-state index contributed by atoms with van der Waals surface area (Å²) in [6.45, 7) is 1.81. The van der Waals surface area contributed by atoms with Crippen molar-refractivity contribution in [1.29, 1.82) is 0 Å². The molecule has 0 radical (unpaired) electrons. The molecule has 90 valence electrons. The molecule has 1 saturated heterocycles. The smallest absolute Gasteiger partial charge is 0.151 e. The molecular weight excluding hydrogens is 280 g/mol. The van der Waals surface area contributed by atoms with Gasteiger partial charge in [0.25, 0.3) is 0 Å². The number of ether oxygens (including phenoxy) is 1. The van der Waals surface area contributed by atoms with Gasteiger partial charge in [0.15, 0.2) is 5.65 Å². The summed E-state index contributed by atoms with van der Waals surface area (Å²) in [7, 11) is 0. The molecule has 2 aromatic rings. The minimum absolute atomic E-state index is 0.729. The highest BCUT2D eigenvalue weighted by Gasteiger charge is 2.16. The van der Waals surface area contributed by atoms with Crippen molar-refractivity contribution in [2.45, 2.75) is 19.3 Å². The average Bonchev–Trinajstić information content (AvgIpc) is 2.74. The highest BCUT2D eigenvalue weighted by molar-refractivity contribution is 9.10. The van der Waals surface area contributed by atoms with Gasteiger partial charge in [0.1, 0.15) is 0 Å². The Morgan fingerprint density at radius 1 is 1.41 bits per heavy atom. The Morgan fingerprint density at radius 2 is 2.24 bits per heavy atom. The molecule has 3 nitrogen and oxygen atoms in total. The third-order valence-corrected chi connectivity index (χ3v) is 3.94. The Hall–Kier alpha value is -0.870. The van der Waals surface area contributed by atoms with Crippen LogP contribution in [0.3, 0.4) is 0 Å². The van der Waals surface area contributed by atoms with Gasteiger partial charge >= 0.3 is 0 Å². The Balaban J connectivity index is 1.83. The summed E-state index contributed by atoms with van der Waals surface area (Å²) in [5.74, 6) is 0.729. The molecule has 0 spiro atoms. The summed E-state index contributed by atoms with van der Waals surface area (Å²) in [6, 6.07) is 4.05. The number of halogens is 1. The molecule has 0 aromatic carbocycles. The van der Waals surface area contributed by atoms with Crippen molar-refractivity contribution < 1.29 is 4.74 Å². The monoisotopic (exact) mass is 294 g/mol. The number of hydrogen-bond acceptors (Lipinski definition) is 2. The standard InChI is InChI=1S/C13H15BrN2O/c14-12-2-1-5-16-9-11(15-13(12)16)8-10-3-6-17-7-4-10/h1-2,5,9-10H,3-4,6-8H2. The number of hydrogen-bond donors (Lipinski definition) is 0. The lowest BCUT2D eigenvalue weighted by molar-refractivity contribution is 0.0663. The molecule has 3 heterocycles. The van der Waals surface area contributed by atoms with Gasteiger partial charge in [-0.25, -0.2) is 4.98 Å². The fourth-order valence-corrected chi connectivity index (χ4v) is 2.82. The van der Waals surface area contributed by atoms with E-state index in [2.05, 4.69) is 31.5 Å². The second-order valence-corrected chi connectivity index (χ2v) is 5.43. The van der Waals surface area contributed by atoms with E-state index in [0.717, 1.165) is 48.5 Å². The van der Waals surface area contributed by atoms with Gasteiger partial charge < -0.3 is 9.14 Å². The average molecular weight is 295 g/mol. The molecule has 1 fully saturated rings. The van der Waals surface area contributed by atoms with Gasteiger partial charge in [-0.15, -0.1) is 0 Å². The maximum absolute atomic E-state index is 5.38. The predicted molar refractivity (Wildman–Crippen MR) is 70.1 cm³/mol. The first-order valence-corrected chi connectivity index (χ1v) is 6.82. The fourth-order valence-electron chi connectivity index (χ4n) is 2.37. The number of rotatable bonds is 2. The van der Waals surface area contributed by atoms with E-state index >= 15 is 0 Å². The van der Waals surface area contributed by atoms with Crippen LogP contribution in [0.5, 0.6) is 0 Å². The third-order valence-electron chi connectivity index (χ3n) is 3.32. The zero-order chi connectivity index (χ0) is 11.7. The predicted octanol–water partition coefficient (Wildman–Crippen LogP) is 3.07. The molecule has 0 atom stereocenters. The van der Waals surface area contributed by atoms with Gasteiger partial charge in [-0.3, -0.25) is 0 Å². The molecule has 0 N–H and O–H groups in total. The first-order chi connectivity index (χ1) is 8.33. The molecule has 0 unspecified atom stereocenters. The molecule has 1 aliphatic rings. The van der Waals surface area contributed by atoms with Crippen molar-refractivity contribution >= 4 is 21.6 Å². The van der Waals surface area contributed by atoms with Crippen LogP contribution in [0.15, 0.2) is 29.0 Å². The SMILES string of the molecule is Brc1cccn2cc(CC3CCOCC3)nc12. The molecular formula is C13H15BrN2O. The van der Waals surface area contributed by atoms with Crippen molar-refractivity contribution in [3.63, 3.8) is 0 Å². The molecule has 0 amide bonds. The van der Waals surface area contributed by atoms with Gasteiger partial charge in [0.05, 0.1) is 10.2 Å². The van der Waals surface area contributed by atoms with Crippen LogP contribution in [0.25, 0.3) is 5.65 Å². The third kappa shape index (κ3) is 2.38. The van der Waals surface area contributed by atoms with Crippen molar-refractivity contribution in [2.24, 2.45) is 5.92 Å². The van der Waals surface area contributed by atoms with Crippen molar-refractivity contribution in [3.8, 4) is 0 Å². The Morgan fingerprint density at radius 3 is 3.00 bits per heavy atom. The number of pyridine rings is 1. The molecule has 3 rings (SSSR count). The molecule has 2 aromatic heterocycles. The van der Waals surface area contributed by atoms with Crippen LogP contribution < -0.4 is 0 Å². The van der Waals surface area contributed by atoms with E-state index in [0.29, 0.717) is 0 Å². The Bertz CT molecular complexity index is 517. The lowest BCUT2D eigenvalue weighted by Crippen LogP contribution is -2.17. The molecule has 0 aliphatic carbocycles. The van der Waals surface area contributed by atoms with Crippen LogP contribution in [0.4, 0.5) is 0 Å². The highest BCUT2D eigenvalue weighted by Crippen LogP contribution is 2.22. The molecule has 0 saturated carbocycles. The van der Waals surface area contributed by atoms with E-state index in [1.165, 1.54) is 5.69 Å². The Kier molecular flexibility index (Phi) is 3.16. The maximum Gasteiger partial charge on any atom is 0.151 e. The second kappa shape index (κ2) is 4.78. The number of aromatic nitrogens is 2. The number of nitrogens with zero attached hydrogens (tertiary/aromatic N) is 2. The Labute approximate surface area is 109 Å². The number of imidazole rings is 1. The van der Waals surface area contributed by atoms with E-state index < -0.39 is 0 Å². The van der Waals surface area contributed by atoms with Crippen molar-refractivity contribution in [3.05, 3.63) is 34.7 Å². The van der Waals surface area contributed by atoms with Crippen LogP contribution in [0, 0.1) is 5.92 Å². The zero-order valence-corrected chi connectivity index (χ0v) is 11.2. The fraction of sp³-hybridized carbons (Fsp3) is 0.462. The summed E-state index contributed by atoms with van der Waals surface area (Å²) in [4.78, 5) is 4.68. The molecule has 17 heavy (non-hydrogen) atoms. The summed E-state index contributed by atoms with van der Waals surface area (Å²) in [6.07, 6.45) is 7.57. The van der Waals surface area contributed by atoms with Gasteiger partial charge in [0, 0.05) is 25.6 Å². The van der Waals surface area contributed by atoms with Crippen LogP contribution in [0.1, 0.15) is 18.5 Å². The maximum atomic E-state index is 5.38. The van der Waals surface area contributed by atoms with Crippen LogP contribution in [0.2, 0.25) is 0 Å². The summed E-state index contributed by atoms with van der Waals surface area (Å²) in [5.41, 5.74) is 2.19. The molecule has 4 heteroatoms. The van der Waals surface area contributed by atoms with Gasteiger partial charge in [-0.2, -0.15) is 0 Å². The minimum atomic E-state index is 0.729. The lowest BCUT2D eigenvalue weighted by atomic mass is 9.95. The molecule has 1 aliphatic heterocycles. The highest BCUT2D eigenvalue weighted by atomic mass is 79.9. The van der Waals surface area contributed by atoms with E-state index in [1.54, 1.807) is 0 Å². The normalized spacial score (nSPS) is 17.7. The van der Waals surface area contributed by atoms with E-state index in [1.807, 2.05) is 18.3 Å². The first kappa shape index (κ1) is 11.2. The largest absolute Gasteiger partial charge is 0.381 e. The van der Waals surface area contributed by atoms with Gasteiger partial charge in [0.2, 0.25) is 0 Å². The second-order valence-electron chi connectivity index (χ2n) is 4.58. The summed E-state index contributed by atoms with van der Waals surface area (Å²) in [5, 5.41) is 0. The topological polar surface area (TPSA) is 26.5 Å². The quantitative estimate of drug-likeness (QED) is 0.851.